The highest BCUT2D eigenvalue weighted by Crippen LogP contribution is 2.18. The molecule has 2 N–H and O–H groups in total. The summed E-state index contributed by atoms with van der Waals surface area (Å²) in [6, 6.07) is 7.37. The van der Waals surface area contributed by atoms with E-state index >= 15 is 0 Å². The van der Waals surface area contributed by atoms with Crippen LogP contribution in [0.15, 0.2) is 30.5 Å². The minimum absolute atomic E-state index is 0.0964. The summed E-state index contributed by atoms with van der Waals surface area (Å²) in [7, 11) is 0. The Morgan fingerprint density at radius 3 is 2.57 bits per heavy atom. The average Bonchev–Trinajstić information content (AvgIpc) is 2.57. The van der Waals surface area contributed by atoms with Crippen molar-refractivity contribution in [1.29, 1.82) is 0 Å². The fourth-order valence-corrected chi connectivity index (χ4v) is 2.24. The first-order valence-electron chi connectivity index (χ1n) is 7.38. The minimum atomic E-state index is -0.0964. The summed E-state index contributed by atoms with van der Waals surface area (Å²) in [5.74, 6) is 1.11. The Balaban J connectivity index is 1.68. The van der Waals surface area contributed by atoms with Crippen LogP contribution in [0.25, 0.3) is 0 Å². The number of nitrogens with one attached hydrogen (secondary N) is 2. The van der Waals surface area contributed by atoms with Crippen LogP contribution in [0.5, 0.6) is 0 Å². The fourth-order valence-electron chi connectivity index (χ4n) is 2.24. The van der Waals surface area contributed by atoms with Crippen LogP contribution in [0.1, 0.15) is 6.92 Å². The Morgan fingerprint density at radius 1 is 1.17 bits per heavy atom. The van der Waals surface area contributed by atoms with E-state index in [2.05, 4.69) is 25.8 Å². The second-order valence-electron chi connectivity index (χ2n) is 5.12. The van der Waals surface area contributed by atoms with E-state index in [1.807, 2.05) is 29.2 Å². The van der Waals surface area contributed by atoms with E-state index in [1.165, 1.54) is 6.92 Å². The van der Waals surface area contributed by atoms with Crippen molar-refractivity contribution in [2.75, 3.05) is 41.8 Å². The van der Waals surface area contributed by atoms with E-state index in [1.54, 1.807) is 6.20 Å². The van der Waals surface area contributed by atoms with Gasteiger partial charge in [-0.25, -0.2) is 0 Å². The van der Waals surface area contributed by atoms with Crippen molar-refractivity contribution >= 4 is 29.0 Å². The number of benzene rings is 1. The van der Waals surface area contributed by atoms with Crippen LogP contribution in [0.3, 0.4) is 0 Å². The molecule has 0 bridgehead atoms. The highest BCUT2D eigenvalue weighted by Gasteiger charge is 2.14. The maximum Gasteiger partial charge on any atom is 0.247 e. The van der Waals surface area contributed by atoms with Crippen LogP contribution in [-0.4, -0.2) is 47.4 Å². The van der Waals surface area contributed by atoms with Gasteiger partial charge >= 0.3 is 0 Å². The number of carbonyl (C=O) groups excluding carboxylic acids is 1. The summed E-state index contributed by atoms with van der Waals surface area (Å²) >= 11 is 0. The molecule has 120 valence electrons. The molecule has 8 heteroatoms. The number of hydrogen-bond acceptors (Lipinski definition) is 7. The Labute approximate surface area is 133 Å². The van der Waals surface area contributed by atoms with Crippen LogP contribution in [-0.2, 0) is 9.53 Å². The molecule has 23 heavy (non-hydrogen) atoms. The number of morpholine rings is 1. The van der Waals surface area contributed by atoms with Crippen LogP contribution in [0.2, 0.25) is 0 Å². The predicted molar refractivity (Wildman–Crippen MR) is 86.9 cm³/mol. The van der Waals surface area contributed by atoms with Crippen molar-refractivity contribution in [1.82, 2.24) is 15.2 Å². The van der Waals surface area contributed by atoms with E-state index in [-0.39, 0.29) is 5.91 Å². The largest absolute Gasteiger partial charge is 0.378 e. The third-order valence-corrected chi connectivity index (χ3v) is 3.32. The standard InChI is InChI=1S/C15H18N6O2/c1-11(22)17-12-2-4-13(5-3-12)18-14-10-16-20-15(19-14)21-6-8-23-9-7-21/h2-5,10H,6-9H2,1H3,(H,17,22)(H,18,19,20). The predicted octanol–water partition coefficient (Wildman–Crippen LogP) is 1.41. The number of rotatable bonds is 4. The van der Waals surface area contributed by atoms with Gasteiger partial charge in [0.25, 0.3) is 0 Å². The van der Waals surface area contributed by atoms with Crippen LogP contribution in [0.4, 0.5) is 23.1 Å². The van der Waals surface area contributed by atoms with Gasteiger partial charge in [-0.3, -0.25) is 4.79 Å². The summed E-state index contributed by atoms with van der Waals surface area (Å²) < 4.78 is 5.32. The van der Waals surface area contributed by atoms with Crippen molar-refractivity contribution in [3.63, 3.8) is 0 Å². The normalized spacial score (nSPS) is 14.4. The number of hydrogen-bond donors (Lipinski definition) is 2. The van der Waals surface area contributed by atoms with Crippen molar-refractivity contribution in [3.05, 3.63) is 30.5 Å². The summed E-state index contributed by atoms with van der Waals surface area (Å²) in [6.07, 6.45) is 1.58. The van der Waals surface area contributed by atoms with E-state index in [4.69, 9.17) is 4.74 Å². The number of anilines is 4. The zero-order valence-corrected chi connectivity index (χ0v) is 12.8. The molecule has 0 unspecified atom stereocenters. The van der Waals surface area contributed by atoms with E-state index < -0.39 is 0 Å². The Kier molecular flexibility index (Phi) is 4.62. The molecular formula is C15H18N6O2. The molecule has 0 aliphatic carbocycles. The molecule has 1 aromatic carbocycles. The molecule has 1 saturated heterocycles. The zero-order chi connectivity index (χ0) is 16.1. The molecule has 0 spiro atoms. The molecular weight excluding hydrogens is 296 g/mol. The van der Waals surface area contributed by atoms with Gasteiger partial charge in [0.05, 0.1) is 19.4 Å². The van der Waals surface area contributed by atoms with Crippen LogP contribution in [0, 0.1) is 0 Å². The smallest absolute Gasteiger partial charge is 0.247 e. The van der Waals surface area contributed by atoms with Gasteiger partial charge in [0.2, 0.25) is 11.9 Å². The Bertz CT molecular complexity index is 670. The molecule has 0 atom stereocenters. The van der Waals surface area contributed by atoms with E-state index in [9.17, 15) is 4.79 Å². The van der Waals surface area contributed by atoms with Crippen molar-refractivity contribution in [2.24, 2.45) is 0 Å². The third-order valence-electron chi connectivity index (χ3n) is 3.32. The van der Waals surface area contributed by atoms with E-state index in [0.29, 0.717) is 25.0 Å². The van der Waals surface area contributed by atoms with Gasteiger partial charge in [0.1, 0.15) is 0 Å². The number of aromatic nitrogens is 3. The maximum absolute atomic E-state index is 11.0. The lowest BCUT2D eigenvalue weighted by atomic mass is 10.3. The van der Waals surface area contributed by atoms with Gasteiger partial charge in [-0.1, -0.05) is 0 Å². The van der Waals surface area contributed by atoms with Crippen LogP contribution >= 0.6 is 0 Å². The molecule has 1 amide bonds. The number of ether oxygens (including phenoxy) is 1. The first-order chi connectivity index (χ1) is 11.2. The lowest BCUT2D eigenvalue weighted by molar-refractivity contribution is -0.114. The number of nitrogens with zero attached hydrogens (tertiary/aromatic N) is 4. The summed E-state index contributed by atoms with van der Waals surface area (Å²) in [5, 5.41) is 14.0. The fraction of sp³-hybridized carbons (Fsp3) is 0.333. The lowest BCUT2D eigenvalue weighted by Gasteiger charge is -2.26. The molecule has 1 aliphatic heterocycles. The van der Waals surface area contributed by atoms with Crippen LogP contribution < -0.4 is 15.5 Å². The molecule has 1 aliphatic rings. The topological polar surface area (TPSA) is 92.3 Å². The Morgan fingerprint density at radius 2 is 1.87 bits per heavy atom. The molecule has 2 aromatic rings. The minimum Gasteiger partial charge on any atom is -0.378 e. The first-order valence-corrected chi connectivity index (χ1v) is 7.38. The van der Waals surface area contributed by atoms with Gasteiger partial charge in [-0.05, 0) is 24.3 Å². The summed E-state index contributed by atoms with van der Waals surface area (Å²) in [4.78, 5) is 17.5. The SMILES string of the molecule is CC(=O)Nc1ccc(Nc2cnnc(N3CCOCC3)n2)cc1. The van der Waals surface area contributed by atoms with Gasteiger partial charge in [-0.15, -0.1) is 5.10 Å². The molecule has 8 nitrogen and oxygen atoms in total. The van der Waals surface area contributed by atoms with Gasteiger partial charge in [0.15, 0.2) is 5.82 Å². The summed E-state index contributed by atoms with van der Waals surface area (Å²) in [6.45, 7) is 4.34. The number of amides is 1. The molecule has 3 rings (SSSR count). The Hall–Kier alpha value is -2.74. The zero-order valence-electron chi connectivity index (χ0n) is 12.8. The summed E-state index contributed by atoms with van der Waals surface area (Å²) in [5.41, 5.74) is 1.60. The first kappa shape index (κ1) is 15.2. The highest BCUT2D eigenvalue weighted by molar-refractivity contribution is 5.88. The van der Waals surface area contributed by atoms with Crippen molar-refractivity contribution in [2.45, 2.75) is 6.92 Å². The monoisotopic (exact) mass is 314 g/mol. The van der Waals surface area contributed by atoms with E-state index in [0.717, 1.165) is 24.5 Å². The van der Waals surface area contributed by atoms with Gasteiger partial charge in [0, 0.05) is 31.4 Å². The second-order valence-corrected chi connectivity index (χ2v) is 5.12. The lowest BCUT2D eigenvalue weighted by Crippen LogP contribution is -2.37. The molecule has 0 radical (unpaired) electrons. The van der Waals surface area contributed by atoms with Gasteiger partial charge < -0.3 is 20.3 Å². The highest BCUT2D eigenvalue weighted by atomic mass is 16.5. The molecule has 2 heterocycles. The van der Waals surface area contributed by atoms with Crippen molar-refractivity contribution in [3.8, 4) is 0 Å². The van der Waals surface area contributed by atoms with Gasteiger partial charge in [-0.2, -0.15) is 10.1 Å². The maximum atomic E-state index is 11.0. The van der Waals surface area contributed by atoms with Crippen molar-refractivity contribution < 1.29 is 9.53 Å². The quantitative estimate of drug-likeness (QED) is 0.881. The molecule has 0 saturated carbocycles. The average molecular weight is 314 g/mol. The third kappa shape index (κ3) is 4.13. The molecule has 1 aromatic heterocycles. The second kappa shape index (κ2) is 7.01. The molecule has 1 fully saturated rings. The number of carbonyl (C=O) groups is 1.